The van der Waals surface area contributed by atoms with Crippen LogP contribution in [-0.4, -0.2) is 102 Å². The summed E-state index contributed by atoms with van der Waals surface area (Å²) < 4.78 is 18.7. The van der Waals surface area contributed by atoms with E-state index in [4.69, 9.17) is 16.3 Å². The van der Waals surface area contributed by atoms with Gasteiger partial charge in [-0.25, -0.2) is 4.98 Å². The van der Waals surface area contributed by atoms with E-state index in [2.05, 4.69) is 47.9 Å². The Kier molecular flexibility index (Phi) is 13.8. The average molecular weight is 859 g/mol. The lowest BCUT2D eigenvalue weighted by Gasteiger charge is -2.36. The molecular formula is C43H52ClN8O5PS. The fourth-order valence-electron chi connectivity index (χ4n) is 7.86. The third-order valence-electron chi connectivity index (χ3n) is 11.1. The van der Waals surface area contributed by atoms with Gasteiger partial charge in [-0.2, -0.15) is 4.98 Å². The minimum absolute atomic E-state index is 0.122. The Balaban J connectivity index is 0.815. The number of thioether (sulfide) groups is 1. The molecule has 0 radical (unpaired) electrons. The van der Waals surface area contributed by atoms with Crippen molar-refractivity contribution < 1.29 is 23.7 Å². The molecule has 4 aromatic rings. The number of piperidine rings is 1. The van der Waals surface area contributed by atoms with Crippen LogP contribution in [0.5, 0.6) is 5.75 Å². The molecule has 0 aliphatic carbocycles. The topological polar surface area (TPSA) is 149 Å². The van der Waals surface area contributed by atoms with Crippen molar-refractivity contribution in [2.24, 2.45) is 0 Å². The molecule has 3 aliphatic rings. The van der Waals surface area contributed by atoms with Gasteiger partial charge < -0.3 is 29.7 Å². The minimum atomic E-state index is -2.54. The molecule has 1 aromatic heterocycles. The SMILES string of the molecule is COc1cc(N2CCN(CCCCCCCSc3cccc4c3CN(C3CCC(=O)NC3=O)C4=O)CC2)ccc1Nc1ncc(Cl)c(Nc2ccccc2P(C)(C)=O)n1. The van der Waals surface area contributed by atoms with Crippen LogP contribution in [0.3, 0.4) is 0 Å². The number of unbranched alkanes of at least 4 members (excludes halogenated alkanes) is 4. The maximum atomic E-state index is 13.1. The van der Waals surface area contributed by atoms with Gasteiger partial charge in [-0.1, -0.05) is 49.1 Å². The van der Waals surface area contributed by atoms with Gasteiger partial charge in [0.25, 0.3) is 5.91 Å². The van der Waals surface area contributed by atoms with Crippen molar-refractivity contribution in [1.82, 2.24) is 25.1 Å². The first-order chi connectivity index (χ1) is 28.5. The molecule has 1 unspecified atom stereocenters. The quantitative estimate of drug-likeness (QED) is 0.0418. The van der Waals surface area contributed by atoms with Gasteiger partial charge in [0.2, 0.25) is 17.8 Å². The molecule has 2 saturated heterocycles. The van der Waals surface area contributed by atoms with E-state index in [0.717, 1.165) is 72.0 Å². The summed E-state index contributed by atoms with van der Waals surface area (Å²) in [5.74, 6) is 1.65. The zero-order valence-electron chi connectivity index (χ0n) is 33.8. The standard InChI is InChI=1S/C43H52ClN8O5PS/c1-57-36-26-29(16-17-33(36)47-43-45-27-32(44)40(49-43)46-34-13-7-8-14-37(34)58(2,3)56)51-23-21-50(22-24-51)20-9-5-4-6-10-25-59-38-15-11-12-30-31(38)28-52(42(30)55)35-18-19-39(53)48-41(35)54/h7-8,11-17,26-27,35H,4-6,9-10,18-25,28H2,1-3H3,(H,48,53,54)(H2,45,46,47,49). The van der Waals surface area contributed by atoms with Crippen molar-refractivity contribution in [1.29, 1.82) is 0 Å². The van der Waals surface area contributed by atoms with Crippen LogP contribution in [0.1, 0.15) is 60.9 Å². The third-order valence-corrected chi connectivity index (χ3v) is 14.1. The highest BCUT2D eigenvalue weighted by molar-refractivity contribution is 7.99. The van der Waals surface area contributed by atoms with Crippen molar-refractivity contribution >= 4 is 82.4 Å². The molecule has 16 heteroatoms. The van der Waals surface area contributed by atoms with Crippen molar-refractivity contribution in [2.45, 2.75) is 62.4 Å². The van der Waals surface area contributed by atoms with E-state index < -0.39 is 13.2 Å². The molecule has 2 fully saturated rings. The summed E-state index contributed by atoms with van der Waals surface area (Å²) in [4.78, 5) is 53.9. The Labute approximate surface area is 355 Å². The highest BCUT2D eigenvalue weighted by Gasteiger charge is 2.39. The first-order valence-electron chi connectivity index (χ1n) is 20.2. The van der Waals surface area contributed by atoms with E-state index in [9.17, 15) is 18.9 Å². The molecule has 0 saturated carbocycles. The first kappa shape index (κ1) is 42.5. The number of anilines is 5. The Morgan fingerprint density at radius 1 is 0.932 bits per heavy atom. The number of imide groups is 1. The van der Waals surface area contributed by atoms with Crippen LogP contribution in [0.2, 0.25) is 5.02 Å². The minimum Gasteiger partial charge on any atom is -0.494 e. The zero-order chi connectivity index (χ0) is 41.5. The number of ether oxygens (including phenoxy) is 1. The molecule has 3 aliphatic heterocycles. The maximum Gasteiger partial charge on any atom is 0.255 e. The van der Waals surface area contributed by atoms with Crippen molar-refractivity contribution in [3.8, 4) is 5.75 Å². The second-order valence-electron chi connectivity index (χ2n) is 15.5. The van der Waals surface area contributed by atoms with Crippen LogP contribution in [0.25, 0.3) is 0 Å². The van der Waals surface area contributed by atoms with Crippen LogP contribution >= 0.6 is 30.5 Å². The number of aromatic nitrogens is 2. The van der Waals surface area contributed by atoms with Crippen LogP contribution in [0.4, 0.5) is 28.8 Å². The second-order valence-corrected chi connectivity index (χ2v) is 20.2. The number of hydrogen-bond donors (Lipinski definition) is 3. The summed E-state index contributed by atoms with van der Waals surface area (Å²) in [6, 6.07) is 18.8. The molecule has 59 heavy (non-hydrogen) atoms. The number of benzene rings is 3. The van der Waals surface area contributed by atoms with E-state index in [1.165, 1.54) is 31.9 Å². The molecule has 13 nitrogen and oxygen atoms in total. The fourth-order valence-corrected chi connectivity index (χ4v) is 10.2. The predicted molar refractivity (Wildman–Crippen MR) is 237 cm³/mol. The van der Waals surface area contributed by atoms with Gasteiger partial charge >= 0.3 is 0 Å². The molecular weight excluding hydrogens is 807 g/mol. The molecule has 3 N–H and O–H groups in total. The number of methoxy groups -OCH3 is 1. The summed E-state index contributed by atoms with van der Waals surface area (Å²) in [7, 11) is -0.888. The van der Waals surface area contributed by atoms with Crippen LogP contribution < -0.4 is 30.9 Å². The van der Waals surface area contributed by atoms with E-state index in [1.54, 1.807) is 37.1 Å². The molecule has 3 amide bonds. The monoisotopic (exact) mass is 858 g/mol. The summed E-state index contributed by atoms with van der Waals surface area (Å²) in [5, 5.41) is 9.96. The molecule has 0 bridgehead atoms. The number of para-hydroxylation sites is 1. The summed E-state index contributed by atoms with van der Waals surface area (Å²) in [6.45, 7) is 8.87. The number of fused-ring (bicyclic) bond motifs is 1. The van der Waals surface area contributed by atoms with Crippen molar-refractivity contribution in [2.75, 3.05) is 74.4 Å². The summed E-state index contributed by atoms with van der Waals surface area (Å²) in [6.07, 6.45) is 8.02. The number of nitrogens with zero attached hydrogens (tertiary/aromatic N) is 5. The lowest BCUT2D eigenvalue weighted by Crippen LogP contribution is -2.52. The van der Waals surface area contributed by atoms with Crippen molar-refractivity contribution in [3.63, 3.8) is 0 Å². The van der Waals surface area contributed by atoms with Crippen LogP contribution in [0, 0.1) is 0 Å². The number of halogens is 1. The Morgan fingerprint density at radius 3 is 2.49 bits per heavy atom. The maximum absolute atomic E-state index is 13.1. The molecule has 3 aromatic carbocycles. The second kappa shape index (κ2) is 19.2. The number of nitrogens with one attached hydrogen (secondary N) is 3. The van der Waals surface area contributed by atoms with Gasteiger partial charge in [0, 0.05) is 66.7 Å². The molecule has 0 spiro atoms. The average Bonchev–Trinajstić information content (AvgIpc) is 3.56. The number of piperazine rings is 1. The van der Waals surface area contributed by atoms with Crippen molar-refractivity contribution in [3.05, 3.63) is 83.0 Å². The van der Waals surface area contributed by atoms with Gasteiger partial charge in [-0.3, -0.25) is 24.6 Å². The molecule has 312 valence electrons. The van der Waals surface area contributed by atoms with E-state index in [1.807, 2.05) is 48.5 Å². The largest absolute Gasteiger partial charge is 0.494 e. The highest BCUT2D eigenvalue weighted by atomic mass is 35.5. The highest BCUT2D eigenvalue weighted by Crippen LogP contribution is 2.39. The number of hydrogen-bond acceptors (Lipinski definition) is 12. The van der Waals surface area contributed by atoms with E-state index >= 15 is 0 Å². The lowest BCUT2D eigenvalue weighted by atomic mass is 10.0. The summed E-state index contributed by atoms with van der Waals surface area (Å²) in [5.41, 5.74) is 4.19. The van der Waals surface area contributed by atoms with E-state index in [-0.39, 0.29) is 24.1 Å². The third kappa shape index (κ3) is 10.4. The number of carbonyl (C=O) groups is 3. The van der Waals surface area contributed by atoms with E-state index in [0.29, 0.717) is 46.8 Å². The lowest BCUT2D eigenvalue weighted by molar-refractivity contribution is -0.136. The van der Waals surface area contributed by atoms with Gasteiger partial charge in [-0.05, 0) is 86.9 Å². The number of amides is 3. The Morgan fingerprint density at radius 2 is 1.71 bits per heavy atom. The zero-order valence-corrected chi connectivity index (χ0v) is 36.3. The fraction of sp³-hybridized carbons (Fsp3) is 0.419. The van der Waals surface area contributed by atoms with Crippen LogP contribution in [0.15, 0.2) is 71.8 Å². The molecule has 1 atom stereocenters. The Bertz CT molecular complexity index is 2230. The van der Waals surface area contributed by atoms with Gasteiger partial charge in [0.1, 0.15) is 24.0 Å². The summed E-state index contributed by atoms with van der Waals surface area (Å²) >= 11 is 8.26. The first-order valence-corrected chi connectivity index (χ1v) is 24.2. The molecule has 4 heterocycles. The van der Waals surface area contributed by atoms with Crippen LogP contribution in [-0.2, 0) is 20.7 Å². The predicted octanol–water partition coefficient (Wildman–Crippen LogP) is 7.50. The van der Waals surface area contributed by atoms with Gasteiger partial charge in [0.15, 0.2) is 5.82 Å². The Hall–Kier alpha value is -4.62. The number of rotatable bonds is 17. The van der Waals surface area contributed by atoms with Gasteiger partial charge in [0.05, 0.1) is 24.7 Å². The smallest absolute Gasteiger partial charge is 0.255 e. The molecule has 7 rings (SSSR count). The number of carbonyl (C=O) groups excluding carboxylic acids is 3. The normalized spacial score (nSPS) is 17.2. The van der Waals surface area contributed by atoms with Gasteiger partial charge in [-0.15, -0.1) is 11.8 Å².